The van der Waals surface area contributed by atoms with Crippen molar-refractivity contribution in [3.05, 3.63) is 58.6 Å². The molecule has 2 aromatic rings. The standard InChI is InChI=1S/C28H34ClF3N2O3/c1-7-22(27(6)26(36-9-3)33-24(17(4)5)25(34-27)35-8-2)21-14-13-20(16-23(21)29)37-19-12-10-11-18(15-19)28(30,31)32/h10-17,22,24H,7-9H2,1-6H3/t22?,24-,27+/m0/s1. The molecule has 1 heterocycles. The number of hydrogen-bond donors (Lipinski definition) is 0. The largest absolute Gasteiger partial charge is 0.480 e. The van der Waals surface area contributed by atoms with Gasteiger partial charge in [0.15, 0.2) is 0 Å². The van der Waals surface area contributed by atoms with E-state index in [2.05, 4.69) is 13.8 Å². The molecule has 3 rings (SSSR count). The van der Waals surface area contributed by atoms with Gasteiger partial charge in [0.1, 0.15) is 23.1 Å². The lowest BCUT2D eigenvalue weighted by molar-refractivity contribution is -0.137. The van der Waals surface area contributed by atoms with Crippen molar-refractivity contribution < 1.29 is 27.4 Å². The zero-order chi connectivity index (χ0) is 27.4. The molecule has 0 amide bonds. The molecule has 0 radical (unpaired) electrons. The van der Waals surface area contributed by atoms with E-state index in [4.69, 9.17) is 35.8 Å². The summed E-state index contributed by atoms with van der Waals surface area (Å²) in [6.45, 7) is 12.9. The van der Waals surface area contributed by atoms with Gasteiger partial charge in [-0.05, 0) is 69.0 Å². The molecule has 0 spiro atoms. The van der Waals surface area contributed by atoms with Gasteiger partial charge in [-0.25, -0.2) is 9.98 Å². The van der Waals surface area contributed by atoms with Gasteiger partial charge >= 0.3 is 6.18 Å². The number of aliphatic imine (C=N–C) groups is 2. The first-order valence-electron chi connectivity index (χ1n) is 12.5. The lowest BCUT2D eigenvalue weighted by Gasteiger charge is -2.39. The molecule has 2 aromatic carbocycles. The van der Waals surface area contributed by atoms with Crippen molar-refractivity contribution in [2.24, 2.45) is 15.9 Å². The molecule has 0 saturated heterocycles. The summed E-state index contributed by atoms with van der Waals surface area (Å²) in [5, 5.41) is 0.410. The van der Waals surface area contributed by atoms with Crippen LogP contribution in [0.25, 0.3) is 0 Å². The second kappa shape index (κ2) is 11.8. The van der Waals surface area contributed by atoms with Crippen molar-refractivity contribution in [3.63, 3.8) is 0 Å². The van der Waals surface area contributed by atoms with Crippen molar-refractivity contribution in [2.75, 3.05) is 13.2 Å². The highest BCUT2D eigenvalue weighted by Crippen LogP contribution is 2.43. The van der Waals surface area contributed by atoms with Crippen LogP contribution >= 0.6 is 11.6 Å². The third-order valence-electron chi connectivity index (χ3n) is 6.32. The maximum Gasteiger partial charge on any atom is 0.416 e. The molecule has 37 heavy (non-hydrogen) atoms. The van der Waals surface area contributed by atoms with Gasteiger partial charge in [0.2, 0.25) is 11.8 Å². The van der Waals surface area contributed by atoms with E-state index in [0.717, 1.165) is 17.7 Å². The van der Waals surface area contributed by atoms with Crippen LogP contribution in [0.15, 0.2) is 52.4 Å². The molecule has 0 bridgehead atoms. The molecule has 0 aliphatic carbocycles. The first-order chi connectivity index (χ1) is 17.4. The Hall–Kier alpha value is -2.74. The monoisotopic (exact) mass is 538 g/mol. The lowest BCUT2D eigenvalue weighted by Crippen LogP contribution is -2.48. The normalized spacial score (nSPS) is 20.8. The van der Waals surface area contributed by atoms with Crippen LogP contribution in [0.1, 0.15) is 65.0 Å². The van der Waals surface area contributed by atoms with Gasteiger partial charge in [-0.2, -0.15) is 13.2 Å². The van der Waals surface area contributed by atoms with Crippen molar-refractivity contribution in [1.29, 1.82) is 0 Å². The third-order valence-corrected chi connectivity index (χ3v) is 6.65. The highest BCUT2D eigenvalue weighted by Gasteiger charge is 2.46. The van der Waals surface area contributed by atoms with Crippen molar-refractivity contribution in [3.8, 4) is 11.5 Å². The molecule has 0 N–H and O–H groups in total. The fraction of sp³-hybridized carbons (Fsp3) is 0.500. The van der Waals surface area contributed by atoms with Crippen molar-refractivity contribution >= 4 is 23.4 Å². The predicted octanol–water partition coefficient (Wildman–Crippen LogP) is 8.31. The van der Waals surface area contributed by atoms with E-state index in [1.54, 1.807) is 12.1 Å². The molecular weight excluding hydrogens is 505 g/mol. The molecule has 9 heteroatoms. The minimum Gasteiger partial charge on any atom is -0.480 e. The summed E-state index contributed by atoms with van der Waals surface area (Å²) in [6, 6.07) is 9.60. The number of benzene rings is 2. The number of rotatable bonds is 8. The summed E-state index contributed by atoms with van der Waals surface area (Å²) in [4.78, 5) is 9.99. The topological polar surface area (TPSA) is 52.4 Å². The number of nitrogens with zero attached hydrogens (tertiary/aromatic N) is 2. The SMILES string of the molecule is CCOC1=N[C@](C)(C(CC)c2ccc(Oc3cccc(C(F)(F)F)c3)cc2Cl)C(OCC)=N[C@H]1C(C)C. The van der Waals surface area contributed by atoms with Crippen LogP contribution in [-0.2, 0) is 15.7 Å². The van der Waals surface area contributed by atoms with Gasteiger partial charge in [0.25, 0.3) is 0 Å². The van der Waals surface area contributed by atoms with E-state index in [0.29, 0.717) is 42.2 Å². The zero-order valence-corrected chi connectivity index (χ0v) is 22.8. The molecule has 0 fully saturated rings. The van der Waals surface area contributed by atoms with Gasteiger partial charge in [0.05, 0.1) is 18.8 Å². The summed E-state index contributed by atoms with van der Waals surface area (Å²) < 4.78 is 56.9. The van der Waals surface area contributed by atoms with Crippen LogP contribution in [0, 0.1) is 5.92 Å². The Morgan fingerprint density at radius 3 is 2.24 bits per heavy atom. The minimum atomic E-state index is -4.46. The maximum absolute atomic E-state index is 13.1. The van der Waals surface area contributed by atoms with Crippen LogP contribution in [0.2, 0.25) is 5.02 Å². The molecule has 1 aliphatic heterocycles. The summed E-state index contributed by atoms with van der Waals surface area (Å²) in [5.41, 5.74) is -0.847. The Morgan fingerprint density at radius 1 is 1.00 bits per heavy atom. The zero-order valence-electron chi connectivity index (χ0n) is 22.0. The Balaban J connectivity index is 1.98. The summed E-state index contributed by atoms with van der Waals surface area (Å²) >= 11 is 6.74. The highest BCUT2D eigenvalue weighted by molar-refractivity contribution is 6.31. The van der Waals surface area contributed by atoms with Crippen LogP contribution in [0.4, 0.5) is 13.2 Å². The molecule has 202 valence electrons. The number of alkyl halides is 3. The summed E-state index contributed by atoms with van der Waals surface area (Å²) in [7, 11) is 0. The van der Waals surface area contributed by atoms with Gasteiger partial charge in [-0.3, -0.25) is 0 Å². The fourth-order valence-electron chi connectivity index (χ4n) is 4.55. The van der Waals surface area contributed by atoms with E-state index in [1.807, 2.05) is 33.8 Å². The van der Waals surface area contributed by atoms with E-state index in [-0.39, 0.29) is 23.6 Å². The highest BCUT2D eigenvalue weighted by atomic mass is 35.5. The van der Waals surface area contributed by atoms with Gasteiger partial charge in [-0.1, -0.05) is 44.5 Å². The number of halogens is 4. The molecule has 0 aromatic heterocycles. The van der Waals surface area contributed by atoms with E-state index < -0.39 is 17.3 Å². The lowest BCUT2D eigenvalue weighted by atomic mass is 9.77. The fourth-order valence-corrected chi connectivity index (χ4v) is 4.85. The molecule has 1 unspecified atom stereocenters. The molecule has 1 aliphatic rings. The average Bonchev–Trinajstić information content (AvgIpc) is 2.82. The maximum atomic E-state index is 13.1. The Kier molecular flexibility index (Phi) is 9.16. The molecule has 0 saturated carbocycles. The van der Waals surface area contributed by atoms with Crippen LogP contribution < -0.4 is 4.74 Å². The smallest absolute Gasteiger partial charge is 0.416 e. The molecular formula is C28H34ClF3N2O3. The first kappa shape index (κ1) is 28.8. The Morgan fingerprint density at radius 2 is 1.68 bits per heavy atom. The van der Waals surface area contributed by atoms with E-state index in [9.17, 15) is 13.2 Å². The van der Waals surface area contributed by atoms with E-state index >= 15 is 0 Å². The Bertz CT molecular complexity index is 1150. The predicted molar refractivity (Wildman–Crippen MR) is 141 cm³/mol. The van der Waals surface area contributed by atoms with Crippen molar-refractivity contribution in [2.45, 2.75) is 71.6 Å². The van der Waals surface area contributed by atoms with Crippen LogP contribution in [-0.4, -0.2) is 36.6 Å². The van der Waals surface area contributed by atoms with E-state index in [1.165, 1.54) is 12.1 Å². The number of hydrogen-bond acceptors (Lipinski definition) is 5. The van der Waals surface area contributed by atoms with Crippen LogP contribution in [0.3, 0.4) is 0 Å². The first-order valence-corrected chi connectivity index (χ1v) is 12.9. The second-order valence-electron chi connectivity index (χ2n) is 9.36. The molecule has 3 atom stereocenters. The van der Waals surface area contributed by atoms with Gasteiger partial charge in [0, 0.05) is 10.9 Å². The minimum absolute atomic E-state index is 0.0707. The third kappa shape index (κ3) is 6.40. The van der Waals surface area contributed by atoms with Gasteiger partial charge in [-0.15, -0.1) is 0 Å². The summed E-state index contributed by atoms with van der Waals surface area (Å²) in [5.74, 6) is 1.46. The molecule has 5 nitrogen and oxygen atoms in total. The van der Waals surface area contributed by atoms with Crippen molar-refractivity contribution in [1.82, 2.24) is 0 Å². The summed E-state index contributed by atoms with van der Waals surface area (Å²) in [6.07, 6.45) is -3.79. The number of ether oxygens (including phenoxy) is 3. The Labute approximate surface area is 221 Å². The second-order valence-corrected chi connectivity index (χ2v) is 9.77. The quantitative estimate of drug-likeness (QED) is 0.339. The van der Waals surface area contributed by atoms with Crippen LogP contribution in [0.5, 0.6) is 11.5 Å². The van der Waals surface area contributed by atoms with Gasteiger partial charge < -0.3 is 14.2 Å². The average molecular weight is 539 g/mol.